The number of carbonyl (C=O) groups excluding carboxylic acids is 1. The predicted octanol–water partition coefficient (Wildman–Crippen LogP) is 2.44. The van der Waals surface area contributed by atoms with Crippen LogP contribution in [0.15, 0.2) is 47.4 Å². The molecule has 7 heteroatoms. The number of amides is 1. The van der Waals surface area contributed by atoms with Crippen molar-refractivity contribution in [1.29, 1.82) is 0 Å². The van der Waals surface area contributed by atoms with Crippen LogP contribution in [0.3, 0.4) is 0 Å². The molecule has 0 aliphatic rings. The number of benzene rings is 2. The van der Waals surface area contributed by atoms with E-state index in [1.165, 1.54) is 12.1 Å². The van der Waals surface area contributed by atoms with E-state index in [0.717, 1.165) is 11.1 Å². The third kappa shape index (κ3) is 4.83. The van der Waals surface area contributed by atoms with E-state index in [2.05, 4.69) is 15.4 Å². The Labute approximate surface area is 155 Å². The summed E-state index contributed by atoms with van der Waals surface area (Å²) in [5.74, 6) is -0.294. The zero-order chi connectivity index (χ0) is 19.3. The van der Waals surface area contributed by atoms with Crippen molar-refractivity contribution in [2.45, 2.75) is 31.7 Å². The van der Waals surface area contributed by atoms with E-state index in [0.29, 0.717) is 17.8 Å². The monoisotopic (exact) mass is 375 g/mol. The molecule has 140 valence electrons. The molecular formula is C19H25N3O3S. The van der Waals surface area contributed by atoms with Gasteiger partial charge in [-0.3, -0.25) is 9.52 Å². The van der Waals surface area contributed by atoms with Gasteiger partial charge in [0, 0.05) is 18.2 Å². The maximum absolute atomic E-state index is 12.7. The fourth-order valence-corrected chi connectivity index (χ4v) is 3.50. The third-order valence-corrected chi connectivity index (χ3v) is 5.58. The molecule has 2 rings (SSSR count). The molecule has 0 radical (unpaired) electrons. The summed E-state index contributed by atoms with van der Waals surface area (Å²) in [7, 11) is -1.97. The molecule has 6 nitrogen and oxygen atoms in total. The Morgan fingerprint density at radius 2 is 1.77 bits per heavy atom. The van der Waals surface area contributed by atoms with Gasteiger partial charge in [-0.15, -0.1) is 0 Å². The largest absolute Gasteiger partial charge is 0.350 e. The van der Waals surface area contributed by atoms with Gasteiger partial charge in [0.15, 0.2) is 0 Å². The molecule has 0 fully saturated rings. The number of likely N-dealkylation sites (N-methyl/N-ethyl adjacent to an activating group) is 1. The average Bonchev–Trinajstić information content (AvgIpc) is 2.61. The first-order chi connectivity index (χ1) is 12.2. The van der Waals surface area contributed by atoms with Gasteiger partial charge in [0.05, 0.1) is 10.6 Å². The van der Waals surface area contributed by atoms with Gasteiger partial charge >= 0.3 is 0 Å². The lowest BCUT2D eigenvalue weighted by atomic mass is 10.1. The third-order valence-electron chi connectivity index (χ3n) is 4.21. The van der Waals surface area contributed by atoms with Gasteiger partial charge in [0.1, 0.15) is 0 Å². The molecule has 1 amide bonds. The van der Waals surface area contributed by atoms with Crippen LogP contribution in [0.25, 0.3) is 0 Å². The summed E-state index contributed by atoms with van der Waals surface area (Å²) >= 11 is 0. The van der Waals surface area contributed by atoms with E-state index in [-0.39, 0.29) is 16.8 Å². The van der Waals surface area contributed by atoms with E-state index >= 15 is 0 Å². The molecule has 0 aliphatic carbocycles. The number of sulfonamides is 1. The number of carbonyl (C=O) groups is 1. The molecular weight excluding hydrogens is 350 g/mol. The summed E-state index contributed by atoms with van der Waals surface area (Å²) in [6.07, 6.45) is 0. The van der Waals surface area contributed by atoms with Crippen molar-refractivity contribution in [2.75, 3.05) is 18.3 Å². The van der Waals surface area contributed by atoms with Gasteiger partial charge in [0.25, 0.3) is 15.9 Å². The maximum Gasteiger partial charge on any atom is 0.261 e. The summed E-state index contributed by atoms with van der Waals surface area (Å²) in [5, 5.41) is 5.85. The number of anilines is 1. The number of aryl methyl sites for hydroxylation is 2. The highest BCUT2D eigenvalue weighted by Crippen LogP contribution is 2.21. The SMILES string of the molecule is CNC(C)CNC(=O)c1cc(S(=O)(=O)Nc2ccccc2C)ccc1C. The number of para-hydroxylation sites is 1. The number of hydrogen-bond donors (Lipinski definition) is 3. The van der Waals surface area contributed by atoms with Gasteiger partial charge in [-0.2, -0.15) is 0 Å². The molecule has 0 aliphatic heterocycles. The predicted molar refractivity (Wildman–Crippen MR) is 104 cm³/mol. The molecule has 2 aromatic rings. The smallest absolute Gasteiger partial charge is 0.261 e. The minimum Gasteiger partial charge on any atom is -0.350 e. The molecule has 0 saturated carbocycles. The van der Waals surface area contributed by atoms with Crippen LogP contribution >= 0.6 is 0 Å². The van der Waals surface area contributed by atoms with E-state index < -0.39 is 10.0 Å². The van der Waals surface area contributed by atoms with Crippen LogP contribution in [0.1, 0.15) is 28.4 Å². The Kier molecular flexibility index (Phi) is 6.39. The highest BCUT2D eigenvalue weighted by molar-refractivity contribution is 7.92. The topological polar surface area (TPSA) is 87.3 Å². The van der Waals surface area contributed by atoms with Crippen molar-refractivity contribution in [1.82, 2.24) is 10.6 Å². The molecule has 3 N–H and O–H groups in total. The molecule has 1 atom stereocenters. The molecule has 0 aromatic heterocycles. The first-order valence-electron chi connectivity index (χ1n) is 8.39. The Balaban J connectivity index is 2.27. The lowest BCUT2D eigenvalue weighted by Gasteiger charge is -2.14. The highest BCUT2D eigenvalue weighted by atomic mass is 32.2. The van der Waals surface area contributed by atoms with Crippen molar-refractivity contribution in [3.05, 3.63) is 59.2 Å². The highest BCUT2D eigenvalue weighted by Gasteiger charge is 2.19. The van der Waals surface area contributed by atoms with Crippen LogP contribution in [0.2, 0.25) is 0 Å². The Morgan fingerprint density at radius 3 is 2.42 bits per heavy atom. The molecule has 0 saturated heterocycles. The van der Waals surface area contributed by atoms with Crippen molar-refractivity contribution in [2.24, 2.45) is 0 Å². The average molecular weight is 375 g/mol. The van der Waals surface area contributed by atoms with Crippen LogP contribution < -0.4 is 15.4 Å². The number of rotatable bonds is 7. The maximum atomic E-state index is 12.7. The van der Waals surface area contributed by atoms with E-state index in [4.69, 9.17) is 0 Å². The number of nitrogens with one attached hydrogen (secondary N) is 3. The van der Waals surface area contributed by atoms with E-state index in [1.54, 1.807) is 25.1 Å². The molecule has 0 heterocycles. The van der Waals surface area contributed by atoms with E-state index in [9.17, 15) is 13.2 Å². The fraction of sp³-hybridized carbons (Fsp3) is 0.316. The van der Waals surface area contributed by atoms with Crippen LogP contribution in [0.4, 0.5) is 5.69 Å². The zero-order valence-electron chi connectivity index (χ0n) is 15.5. The minimum atomic E-state index is -3.79. The summed E-state index contributed by atoms with van der Waals surface area (Å²) in [5.41, 5.74) is 2.40. The van der Waals surface area contributed by atoms with Crippen LogP contribution in [0, 0.1) is 13.8 Å². The quantitative estimate of drug-likeness (QED) is 0.694. The van der Waals surface area contributed by atoms with Gasteiger partial charge in [-0.25, -0.2) is 8.42 Å². The lowest BCUT2D eigenvalue weighted by molar-refractivity contribution is 0.0949. The standard InChI is InChI=1S/C19H25N3O3S/c1-13-9-10-16(11-17(13)19(23)21-12-15(3)20-4)26(24,25)22-18-8-6-5-7-14(18)2/h5-11,15,20,22H,12H2,1-4H3,(H,21,23). The van der Waals surface area contributed by atoms with Crippen molar-refractivity contribution in [3.63, 3.8) is 0 Å². The summed E-state index contributed by atoms with van der Waals surface area (Å²) in [6.45, 7) is 6.00. The molecule has 26 heavy (non-hydrogen) atoms. The minimum absolute atomic E-state index is 0.0539. The Morgan fingerprint density at radius 1 is 1.08 bits per heavy atom. The second kappa shape index (κ2) is 8.33. The second-order valence-electron chi connectivity index (χ2n) is 6.30. The first-order valence-corrected chi connectivity index (χ1v) is 9.87. The van der Waals surface area contributed by atoms with E-state index in [1.807, 2.05) is 33.0 Å². The van der Waals surface area contributed by atoms with Gasteiger partial charge in [-0.05, 0) is 57.1 Å². The Hall–Kier alpha value is -2.38. The molecule has 0 bridgehead atoms. The van der Waals surface area contributed by atoms with Gasteiger partial charge in [-0.1, -0.05) is 24.3 Å². The number of hydrogen-bond acceptors (Lipinski definition) is 4. The van der Waals surface area contributed by atoms with Crippen molar-refractivity contribution < 1.29 is 13.2 Å². The van der Waals surface area contributed by atoms with Crippen LogP contribution in [-0.4, -0.2) is 34.0 Å². The van der Waals surface area contributed by atoms with Gasteiger partial charge < -0.3 is 10.6 Å². The zero-order valence-corrected chi connectivity index (χ0v) is 16.3. The summed E-state index contributed by atoms with van der Waals surface area (Å²) in [4.78, 5) is 12.5. The summed E-state index contributed by atoms with van der Waals surface area (Å²) in [6, 6.07) is 11.8. The molecule has 1 unspecified atom stereocenters. The normalized spacial score (nSPS) is 12.5. The van der Waals surface area contributed by atoms with Crippen LogP contribution in [0.5, 0.6) is 0 Å². The van der Waals surface area contributed by atoms with Crippen molar-refractivity contribution in [3.8, 4) is 0 Å². The fourth-order valence-electron chi connectivity index (χ4n) is 2.35. The Bertz CT molecular complexity index is 895. The first kappa shape index (κ1) is 19.9. The van der Waals surface area contributed by atoms with Crippen LogP contribution in [-0.2, 0) is 10.0 Å². The lowest BCUT2D eigenvalue weighted by Crippen LogP contribution is -2.37. The molecule has 0 spiro atoms. The summed E-state index contributed by atoms with van der Waals surface area (Å²) < 4.78 is 28.0. The van der Waals surface area contributed by atoms with Crippen molar-refractivity contribution >= 4 is 21.6 Å². The van der Waals surface area contributed by atoms with Gasteiger partial charge in [0.2, 0.25) is 0 Å². The molecule has 2 aromatic carbocycles. The second-order valence-corrected chi connectivity index (χ2v) is 7.98.